The summed E-state index contributed by atoms with van der Waals surface area (Å²) in [6.07, 6.45) is 1.88. The van der Waals surface area contributed by atoms with Crippen molar-refractivity contribution in [1.29, 1.82) is 0 Å². The van der Waals surface area contributed by atoms with Crippen molar-refractivity contribution in [2.45, 2.75) is 35.5 Å². The van der Waals surface area contributed by atoms with Crippen LogP contribution in [0.15, 0.2) is 42.5 Å². The zero-order chi connectivity index (χ0) is 22.7. The minimum atomic E-state index is -0.399. The van der Waals surface area contributed by atoms with E-state index in [4.69, 9.17) is 4.74 Å². The molecule has 2 aromatic rings. The molecule has 0 aliphatic carbocycles. The fourth-order valence-electron chi connectivity index (χ4n) is 6.17. The second kappa shape index (κ2) is 7.62. The van der Waals surface area contributed by atoms with E-state index in [-0.39, 0.29) is 17.1 Å². The van der Waals surface area contributed by atoms with Gasteiger partial charge in [0, 0.05) is 23.9 Å². The van der Waals surface area contributed by atoms with Gasteiger partial charge in [0.15, 0.2) is 0 Å². The van der Waals surface area contributed by atoms with Crippen molar-refractivity contribution in [2.24, 2.45) is 0 Å². The Morgan fingerprint density at radius 2 is 1.88 bits per heavy atom. The molecule has 32 heavy (non-hydrogen) atoms. The Labute approximate surface area is 192 Å². The summed E-state index contributed by atoms with van der Waals surface area (Å²) in [4.78, 5) is 17.2. The summed E-state index contributed by atoms with van der Waals surface area (Å²) in [7, 11) is 8.78. The predicted molar refractivity (Wildman–Crippen MR) is 136 cm³/mol. The van der Waals surface area contributed by atoms with E-state index in [1.165, 1.54) is 23.4 Å². The number of amides is 1. The Morgan fingerprint density at radius 1 is 1.12 bits per heavy atom. The number of hydrogen-bond acceptors (Lipinski definition) is 4. The maximum Gasteiger partial charge on any atom is 0.243 e. The van der Waals surface area contributed by atoms with Crippen LogP contribution in [0.2, 0.25) is 0 Å². The van der Waals surface area contributed by atoms with Crippen LogP contribution >= 0.6 is 0 Å². The number of halogens is 1. The van der Waals surface area contributed by atoms with E-state index in [0.29, 0.717) is 24.3 Å². The number of ether oxygens (including phenoxy) is 1. The van der Waals surface area contributed by atoms with Crippen LogP contribution < -0.4 is 15.0 Å². The fraction of sp³-hybridized carbons (Fsp3) is 0.409. The first kappa shape index (κ1) is 21.5. The van der Waals surface area contributed by atoms with Gasteiger partial charge in [-0.2, -0.15) is 0 Å². The quantitative estimate of drug-likeness (QED) is 0.625. The topological polar surface area (TPSA) is 44.8 Å². The van der Waals surface area contributed by atoms with Crippen molar-refractivity contribution in [1.82, 2.24) is 4.90 Å². The van der Waals surface area contributed by atoms with Crippen LogP contribution in [-0.2, 0) is 4.79 Å². The third-order valence-electron chi connectivity index (χ3n) is 7.24. The Hall–Kier alpha value is -2.34. The summed E-state index contributed by atoms with van der Waals surface area (Å²) >= 11 is 0. The van der Waals surface area contributed by atoms with Crippen LogP contribution in [0, 0.1) is 5.82 Å². The number of carbonyl (C=O) groups excluding carboxylic acids is 1. The van der Waals surface area contributed by atoms with Gasteiger partial charge in [-0.1, -0.05) is 12.1 Å². The molecule has 0 spiro atoms. The van der Waals surface area contributed by atoms with Gasteiger partial charge >= 0.3 is 0 Å². The number of nitrogens with zero attached hydrogens (tertiary/aromatic N) is 2. The number of carbonyl (C=O) groups is 1. The van der Waals surface area contributed by atoms with Gasteiger partial charge in [0.05, 0.1) is 17.9 Å². The number of anilines is 2. The van der Waals surface area contributed by atoms with E-state index in [9.17, 15) is 9.18 Å². The highest BCUT2D eigenvalue weighted by molar-refractivity contribution is 6.44. The SMILES string of the molecule is BC(B)(CC(B)(B)N1CC[C@H]2C(C1)c1cccc3c1N2CC(=O)N3)Oc1ccc(F)cc1. The summed E-state index contributed by atoms with van der Waals surface area (Å²) < 4.78 is 19.5. The summed E-state index contributed by atoms with van der Waals surface area (Å²) in [5.41, 5.74) is 3.53. The first-order chi connectivity index (χ1) is 15.1. The molecular weight excluding hydrogens is 401 g/mol. The molecule has 1 saturated heterocycles. The van der Waals surface area contributed by atoms with E-state index >= 15 is 0 Å². The van der Waals surface area contributed by atoms with Crippen molar-refractivity contribution in [2.75, 3.05) is 29.9 Å². The first-order valence-electron chi connectivity index (χ1n) is 11.5. The zero-order valence-corrected chi connectivity index (χ0v) is 19.3. The van der Waals surface area contributed by atoms with Gasteiger partial charge in [-0.05, 0) is 60.6 Å². The molecule has 0 aromatic heterocycles. The smallest absolute Gasteiger partial charge is 0.243 e. The lowest BCUT2D eigenvalue weighted by atomic mass is 9.48. The molecule has 10 heteroatoms. The first-order valence-corrected chi connectivity index (χ1v) is 11.5. The predicted octanol–water partition coefficient (Wildman–Crippen LogP) is -0.935. The molecule has 1 fully saturated rings. The van der Waals surface area contributed by atoms with E-state index in [1.54, 1.807) is 12.1 Å². The Balaban J connectivity index is 1.33. The van der Waals surface area contributed by atoms with Gasteiger partial charge in [0.1, 0.15) is 43.0 Å². The van der Waals surface area contributed by atoms with Crippen molar-refractivity contribution in [3.8, 4) is 5.75 Å². The minimum Gasteiger partial charge on any atom is -0.505 e. The second-order valence-corrected chi connectivity index (χ2v) is 10.6. The zero-order valence-electron chi connectivity index (χ0n) is 19.3. The highest BCUT2D eigenvalue weighted by Gasteiger charge is 2.47. The van der Waals surface area contributed by atoms with E-state index in [2.05, 4.69) is 58.6 Å². The van der Waals surface area contributed by atoms with Gasteiger partial charge in [-0.3, -0.25) is 4.79 Å². The largest absolute Gasteiger partial charge is 0.505 e. The maximum atomic E-state index is 13.3. The van der Waals surface area contributed by atoms with Crippen LogP contribution in [0.3, 0.4) is 0 Å². The number of benzene rings is 2. The minimum absolute atomic E-state index is 0.0755. The molecule has 3 aliphatic rings. The Kier molecular flexibility index (Phi) is 5.12. The third kappa shape index (κ3) is 3.83. The van der Waals surface area contributed by atoms with Crippen LogP contribution in [0.1, 0.15) is 24.3 Å². The summed E-state index contributed by atoms with van der Waals surface area (Å²) in [5.74, 6) is 0.909. The summed E-state index contributed by atoms with van der Waals surface area (Å²) in [6, 6.07) is 12.9. The number of nitrogens with one attached hydrogen (secondary N) is 1. The van der Waals surface area contributed by atoms with Gasteiger partial charge in [0.2, 0.25) is 5.91 Å². The fourth-order valence-corrected chi connectivity index (χ4v) is 6.17. The molecule has 0 saturated carbocycles. The van der Waals surface area contributed by atoms with E-state index in [0.717, 1.165) is 31.6 Å². The molecule has 1 amide bonds. The normalized spacial score (nSPS) is 22.8. The number of fused-ring (bicyclic) bond motifs is 3. The van der Waals surface area contributed by atoms with Crippen molar-refractivity contribution >= 4 is 48.7 Å². The molecule has 0 radical (unpaired) electrons. The molecule has 2 atom stereocenters. The molecule has 162 valence electrons. The monoisotopic (exact) mass is 429 g/mol. The van der Waals surface area contributed by atoms with Crippen LogP contribution in [0.5, 0.6) is 5.75 Å². The Morgan fingerprint density at radius 3 is 2.62 bits per heavy atom. The van der Waals surface area contributed by atoms with Gasteiger partial charge in [-0.25, -0.2) is 4.39 Å². The number of likely N-dealkylation sites (tertiary alicyclic amines) is 1. The lowest BCUT2D eigenvalue weighted by Crippen LogP contribution is -2.61. The highest BCUT2D eigenvalue weighted by Crippen LogP contribution is 2.50. The molecule has 1 N–H and O–H groups in total. The van der Waals surface area contributed by atoms with Crippen LogP contribution in [-0.4, -0.2) is 78.6 Å². The number of hydrogen-bond donors (Lipinski definition) is 1. The molecule has 3 aliphatic heterocycles. The Bertz CT molecular complexity index is 1050. The highest BCUT2D eigenvalue weighted by atomic mass is 19.1. The number of piperidine rings is 1. The molecule has 5 rings (SSSR count). The molecule has 5 nitrogen and oxygen atoms in total. The third-order valence-corrected chi connectivity index (χ3v) is 7.24. The maximum absolute atomic E-state index is 13.3. The van der Waals surface area contributed by atoms with E-state index in [1.807, 2.05) is 6.07 Å². The lowest BCUT2D eigenvalue weighted by Gasteiger charge is -2.49. The van der Waals surface area contributed by atoms with Gasteiger partial charge in [-0.15, -0.1) is 0 Å². The second-order valence-electron chi connectivity index (χ2n) is 10.6. The lowest BCUT2D eigenvalue weighted by molar-refractivity contribution is -0.115. The van der Waals surface area contributed by atoms with Crippen LogP contribution in [0.4, 0.5) is 15.8 Å². The van der Waals surface area contributed by atoms with Crippen LogP contribution in [0.25, 0.3) is 0 Å². The molecule has 3 heterocycles. The van der Waals surface area contributed by atoms with Crippen molar-refractivity contribution < 1.29 is 13.9 Å². The molecule has 0 bridgehead atoms. The number of para-hydroxylation sites is 1. The molecule has 2 aromatic carbocycles. The average Bonchev–Trinajstić information content (AvgIpc) is 3.03. The summed E-state index contributed by atoms with van der Waals surface area (Å²) in [5, 5.41) is 2.57. The average molecular weight is 429 g/mol. The van der Waals surface area contributed by atoms with Crippen molar-refractivity contribution in [3.05, 3.63) is 53.8 Å². The molecular formula is C22H28B4FN3O2. The standard InChI is InChI=1S/C22H28B4FN3O2/c23-21(24,12-22(25,26)32-14-6-4-13(27)5-7-14)29-9-8-18-16(10-29)15-2-1-3-17-20(15)30(18)11-19(31)28-17/h1-7,16,18H,8-12,23-26H2,(H,28,31)/t16?,18-/m0/s1. The number of rotatable bonds is 5. The van der Waals surface area contributed by atoms with Gasteiger partial charge < -0.3 is 19.9 Å². The molecule has 1 unspecified atom stereocenters. The van der Waals surface area contributed by atoms with Crippen molar-refractivity contribution in [3.63, 3.8) is 0 Å². The van der Waals surface area contributed by atoms with E-state index < -0.39 is 5.40 Å². The van der Waals surface area contributed by atoms with Gasteiger partial charge in [0.25, 0.3) is 0 Å². The summed E-state index contributed by atoms with van der Waals surface area (Å²) in [6.45, 7) is 2.40.